The molecule has 0 spiro atoms. The molecule has 0 unspecified atom stereocenters. The number of ether oxygens (including phenoxy) is 1. The molecule has 1 aromatic carbocycles. The lowest BCUT2D eigenvalue weighted by Crippen LogP contribution is -2.08. The van der Waals surface area contributed by atoms with Crippen molar-refractivity contribution in [2.24, 2.45) is 0 Å². The minimum Gasteiger partial charge on any atom is -0.435 e. The van der Waals surface area contributed by atoms with Gasteiger partial charge in [0, 0.05) is 16.9 Å². The predicted octanol–water partition coefficient (Wildman–Crippen LogP) is 4.07. The highest BCUT2D eigenvalue weighted by atomic mass is 32.1. The Morgan fingerprint density at radius 3 is 2.62 bits per heavy atom. The first-order chi connectivity index (χ1) is 9.99. The zero-order valence-electron chi connectivity index (χ0n) is 11.5. The number of hydrogen-bond donors (Lipinski definition) is 1. The topological polar surface area (TPSA) is 51.2 Å². The maximum absolute atomic E-state index is 12.1. The van der Waals surface area contributed by atoms with Gasteiger partial charge < -0.3 is 10.1 Å². The molecule has 0 aliphatic heterocycles. The molecule has 1 N–H and O–H groups in total. The van der Waals surface area contributed by atoms with Crippen LogP contribution in [0, 0.1) is 6.92 Å². The molecule has 0 fully saturated rings. The molecule has 0 saturated heterocycles. The van der Waals surface area contributed by atoms with Crippen molar-refractivity contribution in [3.8, 4) is 17.0 Å². The van der Waals surface area contributed by atoms with E-state index in [1.165, 1.54) is 23.5 Å². The zero-order chi connectivity index (χ0) is 15.4. The SMILES string of the molecule is CCC(=O)Nc1nc(-c2ccc(OC(F)F)cc2)c(C)s1. The number of alkyl halides is 2. The van der Waals surface area contributed by atoms with Crippen molar-refractivity contribution in [1.29, 1.82) is 0 Å². The summed E-state index contributed by atoms with van der Waals surface area (Å²) in [6.07, 6.45) is 0.383. The lowest BCUT2D eigenvalue weighted by molar-refractivity contribution is -0.115. The average Bonchev–Trinajstić information content (AvgIpc) is 2.79. The Labute approximate surface area is 124 Å². The van der Waals surface area contributed by atoms with E-state index in [0.29, 0.717) is 11.6 Å². The standard InChI is InChI=1S/C14H14F2N2O2S/c1-3-11(19)17-14-18-12(8(2)21-14)9-4-6-10(7-5-9)20-13(15)16/h4-7,13H,3H2,1-2H3,(H,17,18,19). The third-order valence-electron chi connectivity index (χ3n) is 2.72. The summed E-state index contributed by atoms with van der Waals surface area (Å²) in [5, 5.41) is 3.23. The molecule has 1 amide bonds. The second-order valence-corrected chi connectivity index (χ2v) is 5.43. The van der Waals surface area contributed by atoms with E-state index in [1.54, 1.807) is 19.1 Å². The second-order valence-electron chi connectivity index (χ2n) is 4.23. The highest BCUT2D eigenvalue weighted by Crippen LogP contribution is 2.31. The molecule has 1 aromatic heterocycles. The van der Waals surface area contributed by atoms with Crippen molar-refractivity contribution in [1.82, 2.24) is 4.98 Å². The van der Waals surface area contributed by atoms with E-state index in [-0.39, 0.29) is 11.7 Å². The predicted molar refractivity (Wildman–Crippen MR) is 77.8 cm³/mol. The van der Waals surface area contributed by atoms with Gasteiger partial charge in [0.05, 0.1) is 5.69 Å². The van der Waals surface area contributed by atoms with Crippen molar-refractivity contribution in [3.05, 3.63) is 29.1 Å². The molecule has 0 radical (unpaired) electrons. The Balaban J connectivity index is 2.19. The minimum absolute atomic E-state index is 0.0983. The number of carbonyl (C=O) groups excluding carboxylic acids is 1. The van der Waals surface area contributed by atoms with Crippen molar-refractivity contribution in [2.45, 2.75) is 26.9 Å². The van der Waals surface area contributed by atoms with Crippen LogP contribution in [-0.4, -0.2) is 17.5 Å². The molecule has 21 heavy (non-hydrogen) atoms. The van der Waals surface area contributed by atoms with Gasteiger partial charge >= 0.3 is 6.61 Å². The fourth-order valence-electron chi connectivity index (χ4n) is 1.72. The number of anilines is 1. The molecule has 0 saturated carbocycles. The van der Waals surface area contributed by atoms with Crippen LogP contribution in [0.25, 0.3) is 11.3 Å². The molecule has 0 aliphatic rings. The Kier molecular flexibility index (Phi) is 4.85. The van der Waals surface area contributed by atoms with Gasteiger partial charge in [-0.3, -0.25) is 4.79 Å². The molecule has 1 heterocycles. The van der Waals surface area contributed by atoms with Crippen LogP contribution in [0.1, 0.15) is 18.2 Å². The Morgan fingerprint density at radius 2 is 2.05 bits per heavy atom. The summed E-state index contributed by atoms with van der Waals surface area (Å²) in [6, 6.07) is 6.24. The first kappa shape index (κ1) is 15.4. The number of thiazole rings is 1. The monoisotopic (exact) mass is 312 g/mol. The summed E-state index contributed by atoms with van der Waals surface area (Å²) >= 11 is 1.37. The molecule has 7 heteroatoms. The number of rotatable bonds is 5. The van der Waals surface area contributed by atoms with E-state index < -0.39 is 6.61 Å². The van der Waals surface area contributed by atoms with E-state index in [0.717, 1.165) is 16.1 Å². The largest absolute Gasteiger partial charge is 0.435 e. The zero-order valence-corrected chi connectivity index (χ0v) is 12.3. The fourth-order valence-corrected chi connectivity index (χ4v) is 2.57. The number of benzene rings is 1. The molecule has 2 rings (SSSR count). The Bertz CT molecular complexity index is 626. The van der Waals surface area contributed by atoms with Gasteiger partial charge in [-0.05, 0) is 31.2 Å². The Hall–Kier alpha value is -2.02. The number of aromatic nitrogens is 1. The van der Waals surface area contributed by atoms with Gasteiger partial charge in [-0.15, -0.1) is 11.3 Å². The molecule has 112 valence electrons. The molecular weight excluding hydrogens is 298 g/mol. The summed E-state index contributed by atoms with van der Waals surface area (Å²) in [7, 11) is 0. The molecular formula is C14H14F2N2O2S. The normalized spacial score (nSPS) is 10.7. The maximum Gasteiger partial charge on any atom is 0.387 e. The van der Waals surface area contributed by atoms with Crippen LogP contribution in [0.2, 0.25) is 0 Å². The van der Waals surface area contributed by atoms with Crippen LogP contribution in [0.3, 0.4) is 0 Å². The van der Waals surface area contributed by atoms with Crippen LogP contribution in [0.5, 0.6) is 5.75 Å². The fraction of sp³-hybridized carbons (Fsp3) is 0.286. The van der Waals surface area contributed by atoms with Gasteiger partial charge in [0.1, 0.15) is 5.75 Å². The quantitative estimate of drug-likeness (QED) is 0.905. The van der Waals surface area contributed by atoms with Crippen LogP contribution < -0.4 is 10.1 Å². The first-order valence-corrected chi connectivity index (χ1v) is 7.13. The highest BCUT2D eigenvalue weighted by molar-refractivity contribution is 7.16. The van der Waals surface area contributed by atoms with E-state index in [1.807, 2.05) is 6.92 Å². The smallest absolute Gasteiger partial charge is 0.387 e. The minimum atomic E-state index is -2.84. The Morgan fingerprint density at radius 1 is 1.38 bits per heavy atom. The molecule has 0 atom stereocenters. The van der Waals surface area contributed by atoms with Crippen LogP contribution in [-0.2, 0) is 4.79 Å². The summed E-state index contributed by atoms with van der Waals surface area (Å²) in [6.45, 7) is 0.809. The summed E-state index contributed by atoms with van der Waals surface area (Å²) < 4.78 is 28.5. The number of hydrogen-bond acceptors (Lipinski definition) is 4. The highest BCUT2D eigenvalue weighted by Gasteiger charge is 2.12. The van der Waals surface area contributed by atoms with Gasteiger partial charge in [0.15, 0.2) is 5.13 Å². The maximum atomic E-state index is 12.1. The number of nitrogens with zero attached hydrogens (tertiary/aromatic N) is 1. The van der Waals surface area contributed by atoms with Crippen LogP contribution in [0.4, 0.5) is 13.9 Å². The lowest BCUT2D eigenvalue weighted by Gasteiger charge is -2.05. The second kappa shape index (κ2) is 6.62. The van der Waals surface area contributed by atoms with Gasteiger partial charge in [0.25, 0.3) is 0 Å². The number of aryl methyl sites for hydroxylation is 1. The average molecular weight is 312 g/mol. The number of amides is 1. The third-order valence-corrected chi connectivity index (χ3v) is 3.60. The van der Waals surface area contributed by atoms with E-state index in [4.69, 9.17) is 0 Å². The van der Waals surface area contributed by atoms with Gasteiger partial charge in [-0.25, -0.2) is 4.98 Å². The van der Waals surface area contributed by atoms with Crippen molar-refractivity contribution < 1.29 is 18.3 Å². The molecule has 0 aliphatic carbocycles. The lowest BCUT2D eigenvalue weighted by atomic mass is 10.1. The van der Waals surface area contributed by atoms with Crippen LogP contribution in [0.15, 0.2) is 24.3 Å². The third kappa shape index (κ3) is 3.98. The van der Waals surface area contributed by atoms with Crippen molar-refractivity contribution >= 4 is 22.4 Å². The van der Waals surface area contributed by atoms with E-state index >= 15 is 0 Å². The van der Waals surface area contributed by atoms with Gasteiger partial charge in [-0.2, -0.15) is 8.78 Å². The van der Waals surface area contributed by atoms with Gasteiger partial charge in [0.2, 0.25) is 5.91 Å². The molecule has 4 nitrogen and oxygen atoms in total. The first-order valence-electron chi connectivity index (χ1n) is 6.32. The number of carbonyl (C=O) groups is 1. The summed E-state index contributed by atoms with van der Waals surface area (Å²) in [4.78, 5) is 16.6. The van der Waals surface area contributed by atoms with Gasteiger partial charge in [-0.1, -0.05) is 6.92 Å². The molecule has 0 bridgehead atoms. The summed E-state index contributed by atoms with van der Waals surface area (Å²) in [5.74, 6) is -0.00266. The van der Waals surface area contributed by atoms with Crippen molar-refractivity contribution in [3.63, 3.8) is 0 Å². The molecule has 2 aromatic rings. The van der Waals surface area contributed by atoms with E-state index in [2.05, 4.69) is 15.0 Å². The summed E-state index contributed by atoms with van der Waals surface area (Å²) in [5.41, 5.74) is 1.50. The van der Waals surface area contributed by atoms with Crippen molar-refractivity contribution in [2.75, 3.05) is 5.32 Å². The number of nitrogens with one attached hydrogen (secondary N) is 1. The van der Waals surface area contributed by atoms with E-state index in [9.17, 15) is 13.6 Å². The van der Waals surface area contributed by atoms with Crippen LogP contribution >= 0.6 is 11.3 Å². The number of halogens is 2.